The molecular formula is C14H20ClN3O2. The summed E-state index contributed by atoms with van der Waals surface area (Å²) in [6.07, 6.45) is 0. The van der Waals surface area contributed by atoms with Crippen molar-refractivity contribution < 1.29 is 9.59 Å². The molecule has 2 rings (SSSR count). The second-order valence-corrected chi connectivity index (χ2v) is 4.63. The van der Waals surface area contributed by atoms with Crippen molar-refractivity contribution in [2.75, 3.05) is 32.7 Å². The first-order chi connectivity index (χ1) is 9.18. The fourth-order valence-corrected chi connectivity index (χ4v) is 2.10. The summed E-state index contributed by atoms with van der Waals surface area (Å²) in [7, 11) is 0. The number of benzene rings is 1. The van der Waals surface area contributed by atoms with Crippen molar-refractivity contribution in [3.05, 3.63) is 35.4 Å². The van der Waals surface area contributed by atoms with Crippen LogP contribution in [0.15, 0.2) is 24.3 Å². The number of hydrogen-bond donors (Lipinski definition) is 2. The quantitative estimate of drug-likeness (QED) is 0.858. The zero-order valence-electron chi connectivity index (χ0n) is 11.5. The van der Waals surface area contributed by atoms with Crippen LogP contribution in [0.25, 0.3) is 0 Å². The van der Waals surface area contributed by atoms with Crippen LogP contribution in [0, 0.1) is 6.92 Å². The molecule has 0 aromatic heterocycles. The third kappa shape index (κ3) is 4.21. The first-order valence-electron chi connectivity index (χ1n) is 6.51. The molecule has 20 heavy (non-hydrogen) atoms. The lowest BCUT2D eigenvalue weighted by Gasteiger charge is -2.27. The van der Waals surface area contributed by atoms with Gasteiger partial charge in [0.05, 0.1) is 6.54 Å². The fourth-order valence-electron chi connectivity index (χ4n) is 2.10. The van der Waals surface area contributed by atoms with Crippen molar-refractivity contribution in [2.45, 2.75) is 6.92 Å². The minimum atomic E-state index is -0.193. The Morgan fingerprint density at radius 1 is 1.25 bits per heavy atom. The number of nitrogens with zero attached hydrogens (tertiary/aromatic N) is 1. The SMILES string of the molecule is Cc1ccccc1C(=O)NCC(=O)N1CCNCC1.Cl. The van der Waals surface area contributed by atoms with Crippen molar-refractivity contribution >= 4 is 24.2 Å². The molecule has 2 N–H and O–H groups in total. The molecule has 1 aromatic carbocycles. The highest BCUT2D eigenvalue weighted by Gasteiger charge is 2.17. The van der Waals surface area contributed by atoms with Gasteiger partial charge in [-0.2, -0.15) is 0 Å². The molecule has 1 saturated heterocycles. The Labute approximate surface area is 125 Å². The maximum absolute atomic E-state index is 12.0. The van der Waals surface area contributed by atoms with Crippen LogP contribution in [0.3, 0.4) is 0 Å². The Bertz CT molecular complexity index is 473. The Hall–Kier alpha value is -1.59. The first kappa shape index (κ1) is 16.5. The molecule has 2 amide bonds. The number of hydrogen-bond acceptors (Lipinski definition) is 3. The number of rotatable bonds is 3. The van der Waals surface area contributed by atoms with Gasteiger partial charge in [-0.1, -0.05) is 18.2 Å². The average molecular weight is 298 g/mol. The summed E-state index contributed by atoms with van der Waals surface area (Å²) in [6.45, 7) is 4.99. The van der Waals surface area contributed by atoms with Gasteiger partial charge in [-0.05, 0) is 18.6 Å². The topological polar surface area (TPSA) is 61.4 Å². The normalized spacial score (nSPS) is 14.3. The minimum Gasteiger partial charge on any atom is -0.343 e. The van der Waals surface area contributed by atoms with E-state index in [-0.39, 0.29) is 30.8 Å². The lowest BCUT2D eigenvalue weighted by Crippen LogP contribution is -2.49. The van der Waals surface area contributed by atoms with Crippen molar-refractivity contribution in [1.29, 1.82) is 0 Å². The van der Waals surface area contributed by atoms with Crippen LogP contribution in [-0.4, -0.2) is 49.4 Å². The number of halogens is 1. The summed E-state index contributed by atoms with van der Waals surface area (Å²) in [5.74, 6) is -0.218. The van der Waals surface area contributed by atoms with Crippen molar-refractivity contribution in [3.63, 3.8) is 0 Å². The lowest BCUT2D eigenvalue weighted by molar-refractivity contribution is -0.130. The molecule has 0 aliphatic carbocycles. The number of carbonyl (C=O) groups is 2. The van der Waals surface area contributed by atoms with Crippen LogP contribution in [0.4, 0.5) is 0 Å². The number of nitrogens with one attached hydrogen (secondary N) is 2. The predicted molar refractivity (Wildman–Crippen MR) is 80.2 cm³/mol. The highest BCUT2D eigenvalue weighted by atomic mass is 35.5. The van der Waals surface area contributed by atoms with Crippen LogP contribution in [0.2, 0.25) is 0 Å². The number of carbonyl (C=O) groups excluding carboxylic acids is 2. The first-order valence-corrected chi connectivity index (χ1v) is 6.51. The van der Waals surface area contributed by atoms with E-state index in [9.17, 15) is 9.59 Å². The van der Waals surface area contributed by atoms with Crippen LogP contribution in [-0.2, 0) is 4.79 Å². The molecule has 6 heteroatoms. The van der Waals surface area contributed by atoms with E-state index in [0.717, 1.165) is 18.7 Å². The summed E-state index contributed by atoms with van der Waals surface area (Å²) in [5.41, 5.74) is 1.53. The molecule has 1 aliphatic heterocycles. The second-order valence-electron chi connectivity index (χ2n) is 4.63. The maximum atomic E-state index is 12.0. The Balaban J connectivity index is 0.00000200. The minimum absolute atomic E-state index is 0. The molecule has 1 aromatic rings. The van der Waals surface area contributed by atoms with Gasteiger partial charge in [-0.25, -0.2) is 0 Å². The Morgan fingerprint density at radius 3 is 2.55 bits per heavy atom. The predicted octanol–water partition coefficient (Wildman–Crippen LogP) is 0.578. The Morgan fingerprint density at radius 2 is 1.90 bits per heavy atom. The number of aryl methyl sites for hydroxylation is 1. The van der Waals surface area contributed by atoms with Crippen LogP contribution in [0.5, 0.6) is 0 Å². The summed E-state index contributed by atoms with van der Waals surface area (Å²) in [6, 6.07) is 7.35. The summed E-state index contributed by atoms with van der Waals surface area (Å²) in [4.78, 5) is 25.6. The molecule has 1 aliphatic rings. The molecule has 0 radical (unpaired) electrons. The van der Waals surface area contributed by atoms with E-state index in [1.54, 1.807) is 11.0 Å². The zero-order chi connectivity index (χ0) is 13.7. The van der Waals surface area contributed by atoms with Gasteiger partial charge in [0.1, 0.15) is 0 Å². The van der Waals surface area contributed by atoms with Gasteiger partial charge in [0, 0.05) is 31.7 Å². The van der Waals surface area contributed by atoms with Crippen molar-refractivity contribution in [1.82, 2.24) is 15.5 Å². The molecule has 0 bridgehead atoms. The van der Waals surface area contributed by atoms with E-state index < -0.39 is 0 Å². The molecule has 1 heterocycles. The van der Waals surface area contributed by atoms with Gasteiger partial charge in [-0.15, -0.1) is 12.4 Å². The standard InChI is InChI=1S/C14H19N3O2.ClH/c1-11-4-2-3-5-12(11)14(19)16-10-13(18)17-8-6-15-7-9-17;/h2-5,15H,6-10H2,1H3,(H,16,19);1H. The Kier molecular flexibility index (Phi) is 6.48. The smallest absolute Gasteiger partial charge is 0.251 e. The third-order valence-electron chi connectivity index (χ3n) is 3.26. The third-order valence-corrected chi connectivity index (χ3v) is 3.26. The number of piperazine rings is 1. The molecule has 110 valence electrons. The van der Waals surface area contributed by atoms with Gasteiger partial charge < -0.3 is 15.5 Å². The van der Waals surface area contributed by atoms with Gasteiger partial charge >= 0.3 is 0 Å². The molecule has 0 unspecified atom stereocenters. The molecule has 0 saturated carbocycles. The van der Waals surface area contributed by atoms with E-state index in [1.165, 1.54) is 0 Å². The van der Waals surface area contributed by atoms with Crippen LogP contribution in [0.1, 0.15) is 15.9 Å². The maximum Gasteiger partial charge on any atom is 0.251 e. The average Bonchev–Trinajstić information content (AvgIpc) is 2.46. The second kappa shape index (κ2) is 7.87. The number of amides is 2. The van der Waals surface area contributed by atoms with E-state index in [1.807, 2.05) is 25.1 Å². The molecule has 0 spiro atoms. The van der Waals surface area contributed by atoms with Crippen molar-refractivity contribution in [2.24, 2.45) is 0 Å². The van der Waals surface area contributed by atoms with E-state index in [2.05, 4.69) is 10.6 Å². The van der Waals surface area contributed by atoms with E-state index in [4.69, 9.17) is 0 Å². The van der Waals surface area contributed by atoms with E-state index in [0.29, 0.717) is 18.7 Å². The van der Waals surface area contributed by atoms with Crippen molar-refractivity contribution in [3.8, 4) is 0 Å². The highest BCUT2D eigenvalue weighted by Crippen LogP contribution is 2.06. The highest BCUT2D eigenvalue weighted by molar-refractivity contribution is 5.97. The van der Waals surface area contributed by atoms with E-state index >= 15 is 0 Å². The summed E-state index contributed by atoms with van der Waals surface area (Å²) >= 11 is 0. The monoisotopic (exact) mass is 297 g/mol. The molecule has 0 atom stereocenters. The summed E-state index contributed by atoms with van der Waals surface area (Å²) < 4.78 is 0. The molecule has 1 fully saturated rings. The molecule has 5 nitrogen and oxygen atoms in total. The molecular weight excluding hydrogens is 278 g/mol. The van der Waals surface area contributed by atoms with Crippen LogP contribution < -0.4 is 10.6 Å². The van der Waals surface area contributed by atoms with Gasteiger partial charge in [0.15, 0.2) is 0 Å². The van der Waals surface area contributed by atoms with Gasteiger partial charge in [0.25, 0.3) is 5.91 Å². The lowest BCUT2D eigenvalue weighted by atomic mass is 10.1. The zero-order valence-corrected chi connectivity index (χ0v) is 12.3. The van der Waals surface area contributed by atoms with Gasteiger partial charge in [0.2, 0.25) is 5.91 Å². The van der Waals surface area contributed by atoms with Crippen LogP contribution >= 0.6 is 12.4 Å². The largest absolute Gasteiger partial charge is 0.343 e. The summed E-state index contributed by atoms with van der Waals surface area (Å²) in [5, 5.41) is 5.87. The fraction of sp³-hybridized carbons (Fsp3) is 0.429. The van der Waals surface area contributed by atoms with Gasteiger partial charge in [-0.3, -0.25) is 9.59 Å².